The predicted molar refractivity (Wildman–Crippen MR) is 137 cm³/mol. The Kier molecular flexibility index (Phi) is 6.40. The number of fused-ring (bicyclic) bond motifs is 1. The van der Waals surface area contributed by atoms with Gasteiger partial charge in [-0.3, -0.25) is 9.59 Å². The van der Waals surface area contributed by atoms with E-state index in [4.69, 9.17) is 9.15 Å². The molecule has 5 aromatic rings. The van der Waals surface area contributed by atoms with Gasteiger partial charge in [0.25, 0.3) is 5.91 Å². The van der Waals surface area contributed by atoms with Gasteiger partial charge in [0.15, 0.2) is 6.61 Å². The standard InChI is InChI=1S/C28H22N4O4/c1-19-11-12-26-23(15-19)28(34)20(17-35-26)16-29-31-27(33)18-36-25-10-6-5-9-22(25)24-13-14-30-32(24)21-7-3-2-4-8-21/h2-17H,18H2,1H3,(H,31,33)/b29-16+. The summed E-state index contributed by atoms with van der Waals surface area (Å²) in [6, 6.07) is 24.4. The van der Waals surface area contributed by atoms with Crippen LogP contribution in [0.15, 0.2) is 106 Å². The Balaban J connectivity index is 1.27. The van der Waals surface area contributed by atoms with Crippen molar-refractivity contribution in [1.29, 1.82) is 0 Å². The fraction of sp³-hybridized carbons (Fsp3) is 0.0714. The third-order valence-corrected chi connectivity index (χ3v) is 5.51. The van der Waals surface area contributed by atoms with E-state index in [-0.39, 0.29) is 17.6 Å². The molecule has 178 valence electrons. The summed E-state index contributed by atoms with van der Waals surface area (Å²) < 4.78 is 13.1. The third kappa shape index (κ3) is 4.78. The molecule has 8 heteroatoms. The Morgan fingerprint density at radius 2 is 1.89 bits per heavy atom. The highest BCUT2D eigenvalue weighted by Gasteiger charge is 2.13. The van der Waals surface area contributed by atoms with Crippen molar-refractivity contribution in [2.24, 2.45) is 5.10 Å². The molecule has 0 aliphatic heterocycles. The summed E-state index contributed by atoms with van der Waals surface area (Å²) in [5.41, 5.74) is 6.36. The molecule has 0 saturated carbocycles. The number of amides is 1. The Morgan fingerprint density at radius 1 is 1.08 bits per heavy atom. The average molecular weight is 479 g/mol. The van der Waals surface area contributed by atoms with Gasteiger partial charge < -0.3 is 9.15 Å². The minimum absolute atomic E-state index is 0.224. The van der Waals surface area contributed by atoms with Gasteiger partial charge in [-0.05, 0) is 49.4 Å². The van der Waals surface area contributed by atoms with E-state index in [1.807, 2.05) is 72.3 Å². The van der Waals surface area contributed by atoms with E-state index in [0.717, 1.165) is 22.5 Å². The van der Waals surface area contributed by atoms with Gasteiger partial charge in [0.2, 0.25) is 5.43 Å². The SMILES string of the molecule is Cc1ccc2occ(/C=N/NC(=O)COc3ccccc3-c3ccnn3-c3ccccc3)c(=O)c2c1. The Bertz CT molecular complexity index is 1620. The highest BCUT2D eigenvalue weighted by molar-refractivity contribution is 5.87. The maximum absolute atomic E-state index is 12.7. The van der Waals surface area contributed by atoms with Gasteiger partial charge in [-0.1, -0.05) is 42.0 Å². The lowest BCUT2D eigenvalue weighted by Crippen LogP contribution is -2.25. The summed E-state index contributed by atoms with van der Waals surface area (Å²) in [7, 11) is 0. The molecule has 0 aliphatic carbocycles. The summed E-state index contributed by atoms with van der Waals surface area (Å²) in [5.74, 6) is 0.0542. The number of aromatic nitrogens is 2. The molecule has 2 heterocycles. The molecular formula is C28H22N4O4. The van der Waals surface area contributed by atoms with Crippen molar-refractivity contribution in [2.45, 2.75) is 6.92 Å². The number of nitrogens with zero attached hydrogens (tertiary/aromatic N) is 3. The van der Waals surface area contributed by atoms with Crippen LogP contribution >= 0.6 is 0 Å². The average Bonchev–Trinajstić information content (AvgIpc) is 3.40. The lowest BCUT2D eigenvalue weighted by atomic mass is 10.1. The summed E-state index contributed by atoms with van der Waals surface area (Å²) in [4.78, 5) is 25.0. The number of rotatable bonds is 7. The van der Waals surface area contributed by atoms with E-state index in [9.17, 15) is 9.59 Å². The first-order valence-corrected chi connectivity index (χ1v) is 11.3. The van der Waals surface area contributed by atoms with Crippen LogP contribution in [0.4, 0.5) is 0 Å². The number of hydrogen-bond donors (Lipinski definition) is 1. The molecule has 0 aliphatic rings. The quantitative estimate of drug-likeness (QED) is 0.275. The van der Waals surface area contributed by atoms with Crippen LogP contribution in [0.2, 0.25) is 0 Å². The van der Waals surface area contributed by atoms with Gasteiger partial charge in [-0.15, -0.1) is 0 Å². The predicted octanol–water partition coefficient (Wildman–Crippen LogP) is 4.48. The Morgan fingerprint density at radius 3 is 2.75 bits per heavy atom. The first kappa shape index (κ1) is 22.8. The topological polar surface area (TPSA) is 98.7 Å². The van der Waals surface area contributed by atoms with E-state index < -0.39 is 5.91 Å². The molecule has 8 nitrogen and oxygen atoms in total. The molecule has 0 saturated heterocycles. The summed E-state index contributed by atoms with van der Waals surface area (Å²) in [6.07, 6.45) is 4.29. The molecular weight excluding hydrogens is 456 g/mol. The normalized spacial score (nSPS) is 11.1. The van der Waals surface area contributed by atoms with E-state index in [0.29, 0.717) is 16.7 Å². The fourth-order valence-electron chi connectivity index (χ4n) is 3.78. The second-order valence-corrected chi connectivity index (χ2v) is 8.06. The van der Waals surface area contributed by atoms with Gasteiger partial charge in [-0.2, -0.15) is 10.2 Å². The first-order valence-electron chi connectivity index (χ1n) is 11.3. The molecule has 5 rings (SSSR count). The van der Waals surface area contributed by atoms with Crippen LogP contribution in [0.1, 0.15) is 11.1 Å². The van der Waals surface area contributed by atoms with Crippen molar-refractivity contribution in [3.05, 3.63) is 113 Å². The van der Waals surface area contributed by atoms with E-state index in [1.165, 1.54) is 12.5 Å². The number of carbonyl (C=O) groups excluding carboxylic acids is 1. The van der Waals surface area contributed by atoms with Crippen molar-refractivity contribution in [3.8, 4) is 22.7 Å². The van der Waals surface area contributed by atoms with Crippen LogP contribution in [0.5, 0.6) is 5.75 Å². The second-order valence-electron chi connectivity index (χ2n) is 8.06. The molecule has 0 atom stereocenters. The van der Waals surface area contributed by atoms with Crippen LogP contribution in [-0.4, -0.2) is 28.5 Å². The number of hydrazone groups is 1. The summed E-state index contributed by atoms with van der Waals surface area (Å²) >= 11 is 0. The highest BCUT2D eigenvalue weighted by Crippen LogP contribution is 2.31. The number of nitrogens with one attached hydrogen (secondary N) is 1. The van der Waals surface area contributed by atoms with Gasteiger partial charge in [0.05, 0.1) is 34.7 Å². The van der Waals surface area contributed by atoms with Crippen LogP contribution < -0.4 is 15.6 Å². The summed E-state index contributed by atoms with van der Waals surface area (Å²) in [6.45, 7) is 1.63. The highest BCUT2D eigenvalue weighted by atomic mass is 16.5. The van der Waals surface area contributed by atoms with E-state index in [2.05, 4.69) is 15.6 Å². The molecule has 0 unspecified atom stereocenters. The van der Waals surface area contributed by atoms with Gasteiger partial charge in [0.1, 0.15) is 17.6 Å². The van der Waals surface area contributed by atoms with Crippen molar-refractivity contribution in [3.63, 3.8) is 0 Å². The monoisotopic (exact) mass is 478 g/mol. The first-order chi connectivity index (χ1) is 17.6. The molecule has 2 aromatic heterocycles. The second kappa shape index (κ2) is 10.1. The van der Waals surface area contributed by atoms with Crippen LogP contribution in [-0.2, 0) is 4.79 Å². The molecule has 36 heavy (non-hydrogen) atoms. The number of para-hydroxylation sites is 2. The number of carbonyl (C=O) groups is 1. The van der Waals surface area contributed by atoms with E-state index >= 15 is 0 Å². The van der Waals surface area contributed by atoms with Gasteiger partial charge >= 0.3 is 0 Å². The molecule has 0 radical (unpaired) electrons. The van der Waals surface area contributed by atoms with Crippen LogP contribution in [0.3, 0.4) is 0 Å². The van der Waals surface area contributed by atoms with Crippen molar-refractivity contribution < 1.29 is 13.9 Å². The Hall–Kier alpha value is -4.98. The minimum Gasteiger partial charge on any atom is -0.483 e. The maximum atomic E-state index is 12.7. The van der Waals surface area contributed by atoms with Gasteiger partial charge in [-0.25, -0.2) is 10.1 Å². The minimum atomic E-state index is -0.473. The van der Waals surface area contributed by atoms with Gasteiger partial charge in [0, 0.05) is 5.56 Å². The zero-order valence-electron chi connectivity index (χ0n) is 19.4. The lowest BCUT2D eigenvalue weighted by Gasteiger charge is -2.12. The molecule has 1 N–H and O–H groups in total. The largest absolute Gasteiger partial charge is 0.483 e. The third-order valence-electron chi connectivity index (χ3n) is 5.51. The van der Waals surface area contributed by atoms with Crippen molar-refractivity contribution >= 4 is 23.1 Å². The fourth-order valence-corrected chi connectivity index (χ4v) is 3.78. The number of aryl methyl sites for hydroxylation is 1. The number of benzene rings is 3. The smallest absolute Gasteiger partial charge is 0.277 e. The molecule has 0 fully saturated rings. The molecule has 3 aromatic carbocycles. The van der Waals surface area contributed by atoms with Crippen molar-refractivity contribution in [2.75, 3.05) is 6.61 Å². The van der Waals surface area contributed by atoms with Crippen molar-refractivity contribution in [1.82, 2.24) is 15.2 Å². The van der Waals surface area contributed by atoms with Crippen LogP contribution in [0.25, 0.3) is 27.9 Å². The number of ether oxygens (including phenoxy) is 1. The maximum Gasteiger partial charge on any atom is 0.277 e. The molecule has 0 spiro atoms. The zero-order chi connectivity index (χ0) is 24.9. The zero-order valence-corrected chi connectivity index (χ0v) is 19.4. The number of hydrogen-bond acceptors (Lipinski definition) is 6. The Labute approximate surface area is 206 Å². The summed E-state index contributed by atoms with van der Waals surface area (Å²) in [5, 5.41) is 8.78. The molecule has 1 amide bonds. The molecule has 0 bridgehead atoms. The lowest BCUT2D eigenvalue weighted by molar-refractivity contribution is -0.123. The van der Waals surface area contributed by atoms with Crippen LogP contribution in [0, 0.1) is 6.92 Å². The van der Waals surface area contributed by atoms with E-state index in [1.54, 1.807) is 24.4 Å².